The molecule has 2 aliphatic rings. The molecule has 3 amide bonds. The van der Waals surface area contributed by atoms with E-state index >= 15 is 0 Å². The third-order valence-electron chi connectivity index (χ3n) is 10.8. The number of aliphatic carboxylic acids is 1. The van der Waals surface area contributed by atoms with E-state index in [-0.39, 0.29) is 49.3 Å². The molecule has 2 fully saturated rings. The molecule has 2 heterocycles. The summed E-state index contributed by atoms with van der Waals surface area (Å²) in [5.74, 6) is -1.33. The monoisotopic (exact) mass is 825 g/mol. The molecule has 4 rings (SSSR count). The van der Waals surface area contributed by atoms with Crippen LogP contribution in [-0.4, -0.2) is 104 Å². The summed E-state index contributed by atoms with van der Waals surface area (Å²) >= 11 is 0. The molecule has 2 saturated heterocycles. The number of primary amides is 1. The van der Waals surface area contributed by atoms with E-state index in [2.05, 4.69) is 6.92 Å². The highest BCUT2D eigenvalue weighted by Gasteiger charge is 2.36. The Hall–Kier alpha value is -4.69. The number of esters is 1. The molecule has 3 N–H and O–H groups in total. The number of likely N-dealkylation sites (tertiary alicyclic amines) is 2. The van der Waals surface area contributed by atoms with Crippen LogP contribution in [0.25, 0.3) is 0 Å². The number of nitrogens with two attached hydrogens (primary N) is 1. The van der Waals surface area contributed by atoms with E-state index in [0.29, 0.717) is 48.6 Å². The van der Waals surface area contributed by atoms with E-state index in [1.54, 1.807) is 53.4 Å². The van der Waals surface area contributed by atoms with Gasteiger partial charge in [-0.1, -0.05) is 70.2 Å². The summed E-state index contributed by atoms with van der Waals surface area (Å²) in [5, 5.41) is 9.27. The van der Waals surface area contributed by atoms with E-state index in [1.807, 2.05) is 6.92 Å². The lowest BCUT2D eigenvalue weighted by Crippen LogP contribution is -2.49. The van der Waals surface area contributed by atoms with Gasteiger partial charge in [-0.2, -0.15) is 0 Å². The lowest BCUT2D eigenvalue weighted by Gasteiger charge is -2.35. The summed E-state index contributed by atoms with van der Waals surface area (Å²) in [6.07, 6.45) is 14.0. The molecule has 0 spiro atoms. The summed E-state index contributed by atoms with van der Waals surface area (Å²) in [6.45, 7) is 5.08. The van der Waals surface area contributed by atoms with Gasteiger partial charge in [0.2, 0.25) is 5.91 Å². The Kier molecular flexibility index (Phi) is 22.4. The van der Waals surface area contributed by atoms with Crippen molar-refractivity contribution in [2.24, 2.45) is 11.7 Å². The first kappa shape index (κ1) is 48.7. The van der Waals surface area contributed by atoms with Gasteiger partial charge in [0.25, 0.3) is 11.8 Å². The van der Waals surface area contributed by atoms with Gasteiger partial charge < -0.3 is 44.3 Å². The molecule has 0 bridgehead atoms. The Morgan fingerprint density at radius 2 is 1.17 bits per heavy atom. The quantitative estimate of drug-likeness (QED) is 0.0648. The van der Waals surface area contributed by atoms with Crippen molar-refractivity contribution < 1.29 is 52.8 Å². The van der Waals surface area contributed by atoms with Crippen molar-refractivity contribution in [3.8, 4) is 11.5 Å². The summed E-state index contributed by atoms with van der Waals surface area (Å²) in [5.41, 5.74) is 6.15. The van der Waals surface area contributed by atoms with Crippen LogP contribution >= 0.6 is 0 Å². The van der Waals surface area contributed by atoms with Gasteiger partial charge >= 0.3 is 11.9 Å². The topological polar surface area (TPSA) is 184 Å². The molecule has 0 aromatic heterocycles. The average Bonchev–Trinajstić information content (AvgIpc) is 3.25. The number of carbonyl (C=O) groups excluding carboxylic acids is 4. The molecule has 0 radical (unpaired) electrons. The fourth-order valence-electron chi connectivity index (χ4n) is 7.39. The number of nitrogens with zero attached hydrogens (tertiary/aromatic N) is 2. The van der Waals surface area contributed by atoms with Crippen molar-refractivity contribution in [3.63, 3.8) is 0 Å². The van der Waals surface area contributed by atoms with Crippen LogP contribution in [0.4, 0.5) is 0 Å². The second kappa shape index (κ2) is 27.1. The Labute approximate surface area is 350 Å². The molecule has 2 aromatic carbocycles. The fourth-order valence-corrected chi connectivity index (χ4v) is 7.39. The maximum Gasteiger partial charge on any atom is 0.329 e. The minimum atomic E-state index is -0.960. The number of methoxy groups -OCH3 is 2. The summed E-state index contributed by atoms with van der Waals surface area (Å²) in [4.78, 5) is 65.3. The zero-order valence-electron chi connectivity index (χ0n) is 35.6. The molecule has 0 saturated carbocycles. The predicted molar refractivity (Wildman–Crippen MR) is 223 cm³/mol. The molecule has 2 aromatic rings. The first-order valence-corrected chi connectivity index (χ1v) is 21.3. The van der Waals surface area contributed by atoms with E-state index < -0.39 is 18.1 Å². The van der Waals surface area contributed by atoms with Crippen molar-refractivity contribution in [1.82, 2.24) is 9.80 Å². The van der Waals surface area contributed by atoms with E-state index in [1.165, 1.54) is 25.5 Å². The minimum absolute atomic E-state index is 0.0344. The largest absolute Gasteiger partial charge is 0.480 e. The molecule has 14 nitrogen and oxygen atoms in total. The molecule has 59 heavy (non-hydrogen) atoms. The van der Waals surface area contributed by atoms with Crippen LogP contribution in [0.5, 0.6) is 11.5 Å². The number of rotatable bonds is 23. The number of unbranched alkanes of at least 4 members (excludes halogenated alkanes) is 5. The number of carbonyl (C=O) groups is 5. The smallest absolute Gasteiger partial charge is 0.329 e. The zero-order valence-corrected chi connectivity index (χ0v) is 35.6. The predicted octanol–water partition coefficient (Wildman–Crippen LogP) is 7.37. The van der Waals surface area contributed by atoms with Crippen LogP contribution in [0.1, 0.15) is 137 Å². The van der Waals surface area contributed by atoms with Gasteiger partial charge in [-0.25, -0.2) is 9.59 Å². The molecule has 2 aliphatic heterocycles. The Morgan fingerprint density at radius 1 is 0.695 bits per heavy atom. The number of amides is 3. The van der Waals surface area contributed by atoms with Crippen LogP contribution in [0.2, 0.25) is 0 Å². The van der Waals surface area contributed by atoms with Gasteiger partial charge in [0.05, 0.1) is 11.1 Å². The fraction of sp³-hybridized carbons (Fsp3) is 0.622. The van der Waals surface area contributed by atoms with Crippen LogP contribution < -0.4 is 15.2 Å². The number of ether oxygens (including phenoxy) is 5. The molecule has 328 valence electrons. The number of benzene rings is 2. The number of hydrogen-bond donors (Lipinski definition) is 2. The number of hydrogen-bond acceptors (Lipinski definition) is 10. The maximum atomic E-state index is 13.5. The van der Waals surface area contributed by atoms with Crippen molar-refractivity contribution in [1.29, 1.82) is 0 Å². The number of carboxylic acid groups (broad SMARTS) is 1. The van der Waals surface area contributed by atoms with Crippen molar-refractivity contribution in [2.75, 3.05) is 40.9 Å². The van der Waals surface area contributed by atoms with E-state index in [9.17, 15) is 29.1 Å². The molecule has 0 aliphatic carbocycles. The van der Waals surface area contributed by atoms with Gasteiger partial charge in [-0.3, -0.25) is 14.4 Å². The minimum Gasteiger partial charge on any atom is -0.480 e. The Balaban J connectivity index is 0.000000372. The number of piperidine rings is 2. The van der Waals surface area contributed by atoms with Gasteiger partial charge in [0, 0.05) is 33.2 Å². The Bertz CT molecular complexity index is 1600. The Morgan fingerprint density at radius 3 is 1.66 bits per heavy atom. The van der Waals surface area contributed by atoms with Crippen LogP contribution in [0, 0.1) is 5.92 Å². The van der Waals surface area contributed by atoms with Gasteiger partial charge in [-0.15, -0.1) is 0 Å². The van der Waals surface area contributed by atoms with Crippen LogP contribution in [0.15, 0.2) is 48.5 Å². The molecule has 4 atom stereocenters. The van der Waals surface area contributed by atoms with Crippen LogP contribution in [0.3, 0.4) is 0 Å². The van der Waals surface area contributed by atoms with E-state index in [0.717, 1.165) is 83.5 Å². The summed E-state index contributed by atoms with van der Waals surface area (Å²) in [7, 11) is 3.02. The number of para-hydroxylation sites is 2. The van der Waals surface area contributed by atoms with Crippen LogP contribution in [-0.2, 0) is 28.6 Å². The lowest BCUT2D eigenvalue weighted by atomic mass is 9.99. The second-order valence-electron chi connectivity index (χ2n) is 15.3. The lowest BCUT2D eigenvalue weighted by molar-refractivity contribution is -0.156. The van der Waals surface area contributed by atoms with Crippen molar-refractivity contribution >= 4 is 29.7 Å². The highest BCUT2D eigenvalue weighted by atomic mass is 16.7. The maximum absolute atomic E-state index is 13.5. The highest BCUT2D eigenvalue weighted by Crippen LogP contribution is 2.28. The first-order valence-electron chi connectivity index (χ1n) is 21.3. The van der Waals surface area contributed by atoms with Crippen molar-refractivity contribution in [2.45, 2.75) is 135 Å². The van der Waals surface area contributed by atoms with E-state index in [4.69, 9.17) is 29.4 Å². The number of carboxylic acids is 1. The van der Waals surface area contributed by atoms with Gasteiger partial charge in [0.15, 0.2) is 13.6 Å². The third kappa shape index (κ3) is 16.1. The van der Waals surface area contributed by atoms with Crippen molar-refractivity contribution in [3.05, 3.63) is 59.7 Å². The summed E-state index contributed by atoms with van der Waals surface area (Å²) in [6, 6.07) is 12.5. The average molecular weight is 826 g/mol. The standard InChI is InChI=1S/C30H48N2O6.C15H19NO5/c1-4-5-6-9-16-24(17-10-7-8-15-23(2)28(31)33)38-30(35)26-19-13-14-21-32(26)29(34)25-18-11-12-20-27(25)37-22-36-3;1-20-10-21-13-8-3-2-6-11(13)14(17)16-9-5-4-7-12(16)15(18)19/h11-12,18,20,23-24,26H,4-10,13-17,19,21-22H2,1-3H3,(H2,31,33);2-3,6,8,12H,4-5,7,9-10H2,1H3,(H,18,19)/t23-,24-,26+;12-/m10/s1. The SMILES string of the molecule is CCCCCC[C@H](CCCCC[C@@H](C)C(N)=O)OC(=O)[C@@H]1CCCCN1C(=O)c1ccccc1OCOC.COCOc1ccccc1C(=O)N1CCCC[C@H]1C(=O)O. The second-order valence-corrected chi connectivity index (χ2v) is 15.3. The van der Waals surface area contributed by atoms with Gasteiger partial charge in [-0.05, 0) is 94.9 Å². The first-order chi connectivity index (χ1) is 28.5. The molecular formula is C45H67N3O11. The third-order valence-corrected chi connectivity index (χ3v) is 10.8. The molecule has 0 unspecified atom stereocenters. The van der Waals surface area contributed by atoms with Gasteiger partial charge in [0.1, 0.15) is 29.7 Å². The molecular weight excluding hydrogens is 759 g/mol. The summed E-state index contributed by atoms with van der Waals surface area (Å²) < 4.78 is 26.9. The molecule has 14 heteroatoms. The normalized spacial score (nSPS) is 17.5. The highest BCUT2D eigenvalue weighted by molar-refractivity contribution is 6.00. The zero-order chi connectivity index (χ0) is 43.0.